The minimum atomic E-state index is -0.299. The topological polar surface area (TPSA) is 30.2 Å². The van der Waals surface area contributed by atoms with Gasteiger partial charge in [-0.25, -0.2) is 4.79 Å². The zero-order valence-electron chi connectivity index (χ0n) is 7.19. The minimum Gasteiger partial charge on any atom is -0.423 e. The Labute approximate surface area is 83.4 Å². The molecule has 0 spiro atoms. The van der Waals surface area contributed by atoms with Crippen LogP contribution in [0.5, 0.6) is 0 Å². The van der Waals surface area contributed by atoms with Crippen molar-refractivity contribution < 1.29 is 4.42 Å². The molecule has 0 saturated heterocycles. The minimum absolute atomic E-state index is 0.299. The summed E-state index contributed by atoms with van der Waals surface area (Å²) in [7, 11) is 0. The molecule has 0 fully saturated rings. The van der Waals surface area contributed by atoms with Crippen LogP contribution < -0.4 is 5.63 Å². The van der Waals surface area contributed by atoms with Gasteiger partial charge in [0.15, 0.2) is 0 Å². The molecule has 0 aliphatic carbocycles. The average molecular weight is 202 g/mol. The van der Waals surface area contributed by atoms with Gasteiger partial charge in [-0.05, 0) is 35.0 Å². The van der Waals surface area contributed by atoms with Crippen LogP contribution in [-0.4, -0.2) is 0 Å². The van der Waals surface area contributed by atoms with Crippen molar-refractivity contribution in [2.45, 2.75) is 0 Å². The fraction of sp³-hybridized carbons (Fsp3) is 0. The van der Waals surface area contributed by atoms with E-state index in [0.717, 1.165) is 10.8 Å². The lowest BCUT2D eigenvalue weighted by Gasteiger charge is -1.95. The van der Waals surface area contributed by atoms with E-state index in [1.54, 1.807) is 17.4 Å². The van der Waals surface area contributed by atoms with E-state index in [2.05, 4.69) is 0 Å². The Morgan fingerprint density at radius 3 is 2.93 bits per heavy atom. The molecule has 0 aliphatic rings. The zero-order chi connectivity index (χ0) is 9.54. The van der Waals surface area contributed by atoms with Crippen LogP contribution in [0.4, 0.5) is 0 Å². The van der Waals surface area contributed by atoms with Gasteiger partial charge < -0.3 is 4.42 Å². The molecule has 3 rings (SSSR count). The van der Waals surface area contributed by atoms with Gasteiger partial charge in [0.1, 0.15) is 5.58 Å². The molecule has 3 heteroatoms. The Morgan fingerprint density at radius 1 is 1.07 bits per heavy atom. The summed E-state index contributed by atoms with van der Waals surface area (Å²) < 4.78 is 6.30. The smallest absolute Gasteiger partial charge is 0.336 e. The van der Waals surface area contributed by atoms with Crippen LogP contribution in [0.1, 0.15) is 0 Å². The third-order valence-electron chi connectivity index (χ3n) is 2.19. The average Bonchev–Trinajstić information content (AvgIpc) is 2.61. The molecule has 2 aromatic heterocycles. The highest BCUT2D eigenvalue weighted by Crippen LogP contribution is 2.25. The van der Waals surface area contributed by atoms with E-state index >= 15 is 0 Å². The molecule has 0 atom stereocenters. The summed E-state index contributed by atoms with van der Waals surface area (Å²) in [6, 6.07) is 9.20. The van der Waals surface area contributed by atoms with E-state index in [1.165, 1.54) is 10.8 Å². The lowest BCUT2D eigenvalue weighted by molar-refractivity contribution is 0.561. The fourth-order valence-corrected chi connectivity index (χ4v) is 2.34. The van der Waals surface area contributed by atoms with Gasteiger partial charge in [-0.3, -0.25) is 0 Å². The molecule has 0 aliphatic heterocycles. The molecule has 0 N–H and O–H groups in total. The molecule has 0 amide bonds. The van der Waals surface area contributed by atoms with Crippen molar-refractivity contribution in [1.29, 1.82) is 0 Å². The lowest BCUT2D eigenvalue weighted by atomic mass is 10.2. The molecule has 2 nitrogen and oxygen atoms in total. The maximum absolute atomic E-state index is 11.0. The van der Waals surface area contributed by atoms with Gasteiger partial charge in [0, 0.05) is 16.2 Å². The summed E-state index contributed by atoms with van der Waals surface area (Å²) in [6.07, 6.45) is 0. The first-order chi connectivity index (χ1) is 6.83. The van der Waals surface area contributed by atoms with Crippen molar-refractivity contribution in [3.05, 3.63) is 46.1 Å². The molecule has 1 aromatic carbocycles. The van der Waals surface area contributed by atoms with Gasteiger partial charge in [0.2, 0.25) is 0 Å². The van der Waals surface area contributed by atoms with Crippen molar-refractivity contribution in [3.8, 4) is 0 Å². The third kappa shape index (κ3) is 1.06. The van der Waals surface area contributed by atoms with Gasteiger partial charge in [-0.1, -0.05) is 0 Å². The summed E-state index contributed by atoms with van der Waals surface area (Å²) in [5.74, 6) is 0. The van der Waals surface area contributed by atoms with Crippen molar-refractivity contribution >= 4 is 32.4 Å². The summed E-state index contributed by atoms with van der Waals surface area (Å²) in [5, 5.41) is 4.12. The highest BCUT2D eigenvalue weighted by atomic mass is 32.1. The van der Waals surface area contributed by atoms with Crippen molar-refractivity contribution in [2.75, 3.05) is 0 Å². The first-order valence-electron chi connectivity index (χ1n) is 4.24. The normalized spacial score (nSPS) is 11.1. The van der Waals surface area contributed by atoms with E-state index in [9.17, 15) is 4.79 Å². The molecule has 14 heavy (non-hydrogen) atoms. The van der Waals surface area contributed by atoms with Gasteiger partial charge in [-0.2, -0.15) is 0 Å². The predicted molar refractivity (Wildman–Crippen MR) is 57.9 cm³/mol. The van der Waals surface area contributed by atoms with Gasteiger partial charge >= 0.3 is 5.63 Å². The van der Waals surface area contributed by atoms with Gasteiger partial charge in [0.05, 0.1) is 0 Å². The monoisotopic (exact) mass is 202 g/mol. The molecule has 68 valence electrons. The van der Waals surface area contributed by atoms with Gasteiger partial charge in [-0.15, -0.1) is 11.3 Å². The Morgan fingerprint density at radius 2 is 2.00 bits per heavy atom. The number of rotatable bonds is 0. The second kappa shape index (κ2) is 2.69. The Kier molecular flexibility index (Phi) is 1.49. The Bertz CT molecular complexity index is 663. The SMILES string of the molecule is O=c1ccc2cc3sccc3cc2o1. The second-order valence-corrected chi connectivity index (χ2v) is 4.05. The van der Waals surface area contributed by atoms with Gasteiger partial charge in [0.25, 0.3) is 0 Å². The molecule has 3 aromatic rings. The molecule has 2 heterocycles. The predicted octanol–water partition coefficient (Wildman–Crippen LogP) is 3.01. The van der Waals surface area contributed by atoms with E-state index in [1.807, 2.05) is 23.6 Å². The van der Waals surface area contributed by atoms with Crippen LogP contribution >= 0.6 is 11.3 Å². The molecule has 0 radical (unpaired) electrons. The Hall–Kier alpha value is -1.61. The largest absolute Gasteiger partial charge is 0.423 e. The number of benzene rings is 1. The summed E-state index contributed by atoms with van der Waals surface area (Å²) in [6.45, 7) is 0. The molecular formula is C11H6O2S. The van der Waals surface area contributed by atoms with E-state index < -0.39 is 0 Å². The molecule has 0 saturated carbocycles. The lowest BCUT2D eigenvalue weighted by Crippen LogP contribution is -1.93. The molecule has 0 bridgehead atoms. The highest BCUT2D eigenvalue weighted by molar-refractivity contribution is 7.17. The second-order valence-electron chi connectivity index (χ2n) is 3.10. The number of hydrogen-bond donors (Lipinski definition) is 0. The van der Waals surface area contributed by atoms with Crippen molar-refractivity contribution in [3.63, 3.8) is 0 Å². The molecule has 0 unspecified atom stereocenters. The summed E-state index contributed by atoms with van der Waals surface area (Å²) in [4.78, 5) is 11.0. The maximum Gasteiger partial charge on any atom is 0.336 e. The third-order valence-corrected chi connectivity index (χ3v) is 3.07. The van der Waals surface area contributed by atoms with Crippen LogP contribution in [0.15, 0.2) is 44.9 Å². The standard InChI is InChI=1S/C11H6O2S/c12-11-2-1-7-6-10-8(3-4-14-10)5-9(7)13-11/h1-6H. The van der Waals surface area contributed by atoms with Crippen molar-refractivity contribution in [2.24, 2.45) is 0 Å². The summed E-state index contributed by atoms with van der Waals surface area (Å²) in [5.41, 5.74) is 0.357. The quantitative estimate of drug-likeness (QED) is 0.524. The van der Waals surface area contributed by atoms with Crippen LogP contribution in [-0.2, 0) is 0 Å². The van der Waals surface area contributed by atoms with Crippen LogP contribution in [0.3, 0.4) is 0 Å². The zero-order valence-corrected chi connectivity index (χ0v) is 8.01. The van der Waals surface area contributed by atoms with Crippen LogP contribution in [0, 0.1) is 0 Å². The first-order valence-corrected chi connectivity index (χ1v) is 5.12. The van der Waals surface area contributed by atoms with Crippen LogP contribution in [0.25, 0.3) is 21.1 Å². The van der Waals surface area contributed by atoms with Crippen LogP contribution in [0.2, 0.25) is 0 Å². The number of hydrogen-bond acceptors (Lipinski definition) is 3. The Balaban J connectivity index is 2.56. The number of fused-ring (bicyclic) bond motifs is 2. The molecular weight excluding hydrogens is 196 g/mol. The fourth-order valence-electron chi connectivity index (χ4n) is 1.52. The van der Waals surface area contributed by atoms with Crippen molar-refractivity contribution in [1.82, 2.24) is 0 Å². The summed E-state index contributed by atoms with van der Waals surface area (Å²) >= 11 is 1.69. The van der Waals surface area contributed by atoms with E-state index in [0.29, 0.717) is 5.58 Å². The van der Waals surface area contributed by atoms with E-state index in [-0.39, 0.29) is 5.63 Å². The maximum atomic E-state index is 11.0. The number of thiophene rings is 1. The highest BCUT2D eigenvalue weighted by Gasteiger charge is 2.00. The first kappa shape index (κ1) is 7.76. The van der Waals surface area contributed by atoms with E-state index in [4.69, 9.17) is 4.42 Å².